The second-order valence-electron chi connectivity index (χ2n) is 5.88. The maximum absolute atomic E-state index is 12.7. The van der Waals surface area contributed by atoms with E-state index in [9.17, 15) is 9.36 Å². The predicted octanol–water partition coefficient (Wildman–Crippen LogP) is 5.17. The van der Waals surface area contributed by atoms with Gasteiger partial charge < -0.3 is 13.8 Å². The summed E-state index contributed by atoms with van der Waals surface area (Å²) in [5.41, 5.74) is 0.300. The third-order valence-corrected chi connectivity index (χ3v) is 5.41. The Hall–Kier alpha value is -0.680. The van der Waals surface area contributed by atoms with E-state index in [0.717, 1.165) is 0 Å². The van der Waals surface area contributed by atoms with E-state index in [1.807, 2.05) is 0 Å². The Morgan fingerprint density at radius 1 is 1.17 bits per heavy atom. The molecule has 0 heterocycles. The standard InChI is InChI=1S/C16H24BrO5P/c1-6-20-23(19,21-7-2)11-12-9-8-10-13(17)14(12)15(18)22-16(3,4)5/h8-10H,6-7,11H2,1-5H3. The van der Waals surface area contributed by atoms with Crippen LogP contribution in [0, 0.1) is 0 Å². The third kappa shape index (κ3) is 6.38. The van der Waals surface area contributed by atoms with Crippen molar-refractivity contribution >= 4 is 29.5 Å². The van der Waals surface area contributed by atoms with E-state index in [-0.39, 0.29) is 19.4 Å². The molecular weight excluding hydrogens is 383 g/mol. The normalized spacial score (nSPS) is 12.3. The summed E-state index contributed by atoms with van der Waals surface area (Å²) in [6, 6.07) is 5.25. The summed E-state index contributed by atoms with van der Waals surface area (Å²) in [4.78, 5) is 12.5. The molecule has 130 valence electrons. The maximum Gasteiger partial charge on any atom is 0.340 e. The molecule has 1 rings (SSSR count). The van der Waals surface area contributed by atoms with Gasteiger partial charge in [0.1, 0.15) is 5.60 Å². The first-order valence-electron chi connectivity index (χ1n) is 7.50. The summed E-state index contributed by atoms with van der Waals surface area (Å²) in [5, 5.41) is 0. The largest absolute Gasteiger partial charge is 0.456 e. The number of ether oxygens (including phenoxy) is 1. The molecule has 0 radical (unpaired) electrons. The molecule has 1 aromatic carbocycles. The third-order valence-electron chi connectivity index (χ3n) is 2.72. The number of hydrogen-bond acceptors (Lipinski definition) is 5. The summed E-state index contributed by atoms with van der Waals surface area (Å²) in [6.07, 6.45) is 0.0166. The highest BCUT2D eigenvalue weighted by Gasteiger charge is 2.29. The fraction of sp³-hybridized carbons (Fsp3) is 0.562. The van der Waals surface area contributed by atoms with Gasteiger partial charge in [-0.3, -0.25) is 4.57 Å². The average Bonchev–Trinajstić information content (AvgIpc) is 2.36. The number of rotatable bonds is 7. The number of carbonyl (C=O) groups is 1. The molecule has 7 heteroatoms. The zero-order valence-corrected chi connectivity index (χ0v) is 16.7. The summed E-state index contributed by atoms with van der Waals surface area (Å²) in [7, 11) is -3.31. The Balaban J connectivity index is 3.19. The van der Waals surface area contributed by atoms with Gasteiger partial charge >= 0.3 is 13.6 Å². The van der Waals surface area contributed by atoms with Gasteiger partial charge in [0.05, 0.1) is 24.9 Å². The topological polar surface area (TPSA) is 61.8 Å². The van der Waals surface area contributed by atoms with Crippen LogP contribution in [0.5, 0.6) is 0 Å². The minimum Gasteiger partial charge on any atom is -0.456 e. The summed E-state index contributed by atoms with van der Waals surface area (Å²) in [5.74, 6) is -0.473. The van der Waals surface area contributed by atoms with E-state index in [0.29, 0.717) is 15.6 Å². The van der Waals surface area contributed by atoms with Crippen LogP contribution < -0.4 is 0 Å². The quantitative estimate of drug-likeness (QED) is 0.461. The van der Waals surface area contributed by atoms with Gasteiger partial charge in [-0.25, -0.2) is 4.79 Å². The Bertz CT molecular complexity index is 585. The Morgan fingerprint density at radius 2 is 1.74 bits per heavy atom. The van der Waals surface area contributed by atoms with Crippen molar-refractivity contribution in [3.8, 4) is 0 Å². The predicted molar refractivity (Wildman–Crippen MR) is 93.9 cm³/mol. The SMILES string of the molecule is CCOP(=O)(Cc1cccc(Br)c1C(=O)OC(C)(C)C)OCC. The van der Waals surface area contributed by atoms with Gasteiger partial charge in [-0.05, 0) is 62.2 Å². The number of carbonyl (C=O) groups excluding carboxylic acids is 1. The van der Waals surface area contributed by atoms with Crippen molar-refractivity contribution in [3.63, 3.8) is 0 Å². The Kier molecular flexibility index (Phi) is 7.46. The maximum atomic E-state index is 12.7. The molecule has 5 nitrogen and oxygen atoms in total. The highest BCUT2D eigenvalue weighted by Crippen LogP contribution is 2.52. The van der Waals surface area contributed by atoms with Gasteiger partial charge in [0.15, 0.2) is 0 Å². The lowest BCUT2D eigenvalue weighted by molar-refractivity contribution is 0.00676. The molecule has 0 amide bonds. The lowest BCUT2D eigenvalue weighted by Crippen LogP contribution is -2.25. The Morgan fingerprint density at radius 3 is 2.22 bits per heavy atom. The van der Waals surface area contributed by atoms with Crippen molar-refractivity contribution in [1.29, 1.82) is 0 Å². The second kappa shape index (κ2) is 8.43. The molecule has 0 fully saturated rings. The van der Waals surface area contributed by atoms with Crippen molar-refractivity contribution in [2.75, 3.05) is 13.2 Å². The van der Waals surface area contributed by atoms with Crippen molar-refractivity contribution < 1.29 is 23.1 Å². The minimum absolute atomic E-state index is 0.0166. The van der Waals surface area contributed by atoms with E-state index < -0.39 is 19.2 Å². The van der Waals surface area contributed by atoms with Gasteiger partial charge in [-0.2, -0.15) is 0 Å². The molecule has 0 spiro atoms. The van der Waals surface area contributed by atoms with Crippen molar-refractivity contribution in [2.45, 2.75) is 46.4 Å². The van der Waals surface area contributed by atoms with Crippen molar-refractivity contribution in [1.82, 2.24) is 0 Å². The van der Waals surface area contributed by atoms with Gasteiger partial charge in [0, 0.05) is 4.47 Å². The molecule has 0 aromatic heterocycles. The molecule has 0 aliphatic carbocycles. The lowest BCUT2D eigenvalue weighted by Gasteiger charge is -2.22. The van der Waals surface area contributed by atoms with E-state index in [1.54, 1.807) is 52.8 Å². The second-order valence-corrected chi connectivity index (χ2v) is 8.79. The van der Waals surface area contributed by atoms with Crippen LogP contribution in [0.3, 0.4) is 0 Å². The van der Waals surface area contributed by atoms with E-state index in [4.69, 9.17) is 13.8 Å². The zero-order valence-electron chi connectivity index (χ0n) is 14.2. The first-order chi connectivity index (χ1) is 10.6. The van der Waals surface area contributed by atoms with Crippen LogP contribution in [0.2, 0.25) is 0 Å². The molecular formula is C16H24BrO5P. The van der Waals surface area contributed by atoms with E-state index in [1.165, 1.54) is 0 Å². The molecule has 23 heavy (non-hydrogen) atoms. The first kappa shape index (κ1) is 20.4. The van der Waals surface area contributed by atoms with Gasteiger partial charge in [-0.15, -0.1) is 0 Å². The van der Waals surface area contributed by atoms with Crippen LogP contribution in [0.15, 0.2) is 22.7 Å². The number of esters is 1. The number of halogens is 1. The summed E-state index contributed by atoms with van der Waals surface area (Å²) >= 11 is 3.37. The molecule has 1 aromatic rings. The van der Waals surface area contributed by atoms with Gasteiger partial charge in [0.2, 0.25) is 0 Å². The summed E-state index contributed by atoms with van der Waals surface area (Å²) in [6.45, 7) is 9.44. The Labute approximate surface area is 146 Å². The first-order valence-corrected chi connectivity index (χ1v) is 10.0. The van der Waals surface area contributed by atoms with Gasteiger partial charge in [-0.1, -0.05) is 12.1 Å². The molecule has 0 atom stereocenters. The molecule has 0 N–H and O–H groups in total. The minimum atomic E-state index is -3.31. The van der Waals surface area contributed by atoms with Crippen LogP contribution in [-0.4, -0.2) is 24.8 Å². The molecule has 0 bridgehead atoms. The fourth-order valence-corrected chi connectivity index (χ4v) is 4.28. The highest BCUT2D eigenvalue weighted by atomic mass is 79.9. The number of benzene rings is 1. The van der Waals surface area contributed by atoms with Gasteiger partial charge in [0.25, 0.3) is 0 Å². The van der Waals surface area contributed by atoms with Crippen LogP contribution in [0.25, 0.3) is 0 Å². The zero-order chi connectivity index (χ0) is 17.7. The van der Waals surface area contributed by atoms with E-state index in [2.05, 4.69) is 15.9 Å². The smallest absolute Gasteiger partial charge is 0.340 e. The molecule has 0 aliphatic heterocycles. The van der Waals surface area contributed by atoms with Crippen molar-refractivity contribution in [2.24, 2.45) is 0 Å². The number of hydrogen-bond donors (Lipinski definition) is 0. The van der Waals surface area contributed by atoms with Crippen molar-refractivity contribution in [3.05, 3.63) is 33.8 Å². The van der Waals surface area contributed by atoms with Crippen LogP contribution in [0.1, 0.15) is 50.5 Å². The molecule has 0 aliphatic rings. The molecule has 0 saturated heterocycles. The molecule has 0 saturated carbocycles. The van der Waals surface area contributed by atoms with Crippen LogP contribution in [-0.2, 0) is 24.5 Å². The lowest BCUT2D eigenvalue weighted by atomic mass is 10.1. The highest BCUT2D eigenvalue weighted by molar-refractivity contribution is 9.10. The van der Waals surface area contributed by atoms with Crippen LogP contribution in [0.4, 0.5) is 0 Å². The van der Waals surface area contributed by atoms with E-state index >= 15 is 0 Å². The van der Waals surface area contributed by atoms with Crippen LogP contribution >= 0.6 is 23.5 Å². The monoisotopic (exact) mass is 406 g/mol. The average molecular weight is 407 g/mol. The molecule has 0 unspecified atom stereocenters. The fourth-order valence-electron chi connectivity index (χ4n) is 1.99. The summed E-state index contributed by atoms with van der Waals surface area (Å²) < 4.78 is 29.4.